The Hall–Kier alpha value is -2.46. The largest absolute Gasteiger partial charge is 0.378 e. The Morgan fingerprint density at radius 2 is 1.82 bits per heavy atom. The number of rotatable bonds is 4. The molecule has 0 unspecified atom stereocenters. The number of allylic oxidation sites excluding steroid dienone is 1. The molecule has 2 aromatic carbocycles. The van der Waals surface area contributed by atoms with Crippen LogP contribution in [0.25, 0.3) is 16.3 Å². The van der Waals surface area contributed by atoms with Crippen molar-refractivity contribution in [1.29, 1.82) is 0 Å². The molecule has 3 rings (SSSR count). The summed E-state index contributed by atoms with van der Waals surface area (Å²) in [6.45, 7) is 0. The zero-order valence-corrected chi connectivity index (χ0v) is 13.3. The van der Waals surface area contributed by atoms with E-state index in [-0.39, 0.29) is 5.78 Å². The topological polar surface area (TPSA) is 33.2 Å². The molecule has 0 amide bonds. The first-order valence-electron chi connectivity index (χ1n) is 6.99. The lowest BCUT2D eigenvalue weighted by Gasteiger charge is -2.11. The number of aromatic nitrogens is 1. The van der Waals surface area contributed by atoms with Crippen molar-refractivity contribution in [3.8, 4) is 0 Å². The normalized spacial score (nSPS) is 11.2. The number of fused-ring (bicyclic) bond motifs is 1. The molecule has 0 aliphatic rings. The van der Waals surface area contributed by atoms with Crippen molar-refractivity contribution < 1.29 is 4.79 Å². The fraction of sp³-hybridized carbons (Fsp3) is 0.111. The molecule has 4 heteroatoms. The van der Waals surface area contributed by atoms with Crippen molar-refractivity contribution in [1.82, 2.24) is 4.98 Å². The number of hydrogen-bond acceptors (Lipinski definition) is 4. The van der Waals surface area contributed by atoms with Crippen molar-refractivity contribution in [2.75, 3.05) is 19.0 Å². The summed E-state index contributed by atoms with van der Waals surface area (Å²) in [5, 5.41) is 0.530. The van der Waals surface area contributed by atoms with Crippen LogP contribution in [0.5, 0.6) is 0 Å². The molecule has 1 heterocycles. The third-order valence-corrected chi connectivity index (χ3v) is 4.39. The number of thiazole rings is 1. The molecule has 0 spiro atoms. The molecule has 0 atom stereocenters. The molecule has 0 aliphatic heterocycles. The predicted molar refractivity (Wildman–Crippen MR) is 93.8 cm³/mol. The second-order valence-corrected chi connectivity index (χ2v) is 6.20. The van der Waals surface area contributed by atoms with Crippen LogP contribution in [-0.4, -0.2) is 24.9 Å². The maximum absolute atomic E-state index is 12.2. The van der Waals surface area contributed by atoms with Gasteiger partial charge in [0.15, 0.2) is 5.01 Å². The van der Waals surface area contributed by atoms with Gasteiger partial charge in [0.2, 0.25) is 5.78 Å². The number of para-hydroxylation sites is 1. The Bertz CT molecular complexity index is 799. The molecule has 0 radical (unpaired) electrons. The third kappa shape index (κ3) is 3.07. The molecular weight excluding hydrogens is 292 g/mol. The van der Waals surface area contributed by atoms with Crippen molar-refractivity contribution in [2.45, 2.75) is 0 Å². The van der Waals surface area contributed by atoms with E-state index in [1.54, 1.807) is 6.08 Å². The van der Waals surface area contributed by atoms with Crippen LogP contribution in [0, 0.1) is 0 Å². The molecule has 0 fully saturated rings. The number of nitrogens with zero attached hydrogens (tertiary/aromatic N) is 2. The lowest BCUT2D eigenvalue weighted by Crippen LogP contribution is -2.07. The second kappa shape index (κ2) is 6.12. The fourth-order valence-electron chi connectivity index (χ4n) is 2.10. The zero-order valence-electron chi connectivity index (χ0n) is 12.5. The third-order valence-electron chi connectivity index (χ3n) is 3.34. The Kier molecular flexibility index (Phi) is 4.02. The number of carbonyl (C=O) groups is 1. The lowest BCUT2D eigenvalue weighted by atomic mass is 10.1. The van der Waals surface area contributed by atoms with Crippen LogP contribution in [0.15, 0.2) is 54.6 Å². The van der Waals surface area contributed by atoms with E-state index >= 15 is 0 Å². The number of ketones is 1. The highest BCUT2D eigenvalue weighted by molar-refractivity contribution is 7.20. The van der Waals surface area contributed by atoms with E-state index in [2.05, 4.69) is 4.98 Å². The van der Waals surface area contributed by atoms with Gasteiger partial charge in [-0.1, -0.05) is 30.3 Å². The predicted octanol–water partition coefficient (Wildman–Crippen LogP) is 4.26. The van der Waals surface area contributed by atoms with Crippen LogP contribution in [0.3, 0.4) is 0 Å². The van der Waals surface area contributed by atoms with Crippen LogP contribution in [0.2, 0.25) is 0 Å². The van der Waals surface area contributed by atoms with E-state index in [1.165, 1.54) is 11.3 Å². The van der Waals surface area contributed by atoms with E-state index in [4.69, 9.17) is 0 Å². The van der Waals surface area contributed by atoms with Gasteiger partial charge in [-0.3, -0.25) is 4.79 Å². The molecular formula is C18H16N2OS. The van der Waals surface area contributed by atoms with Crippen LogP contribution >= 0.6 is 11.3 Å². The molecule has 0 N–H and O–H groups in total. The highest BCUT2D eigenvalue weighted by Crippen LogP contribution is 2.22. The Morgan fingerprint density at radius 1 is 1.09 bits per heavy atom. The summed E-state index contributed by atoms with van der Waals surface area (Å²) in [5.74, 6) is -0.0575. The van der Waals surface area contributed by atoms with Gasteiger partial charge in [0.25, 0.3) is 0 Å². The van der Waals surface area contributed by atoms with Gasteiger partial charge in [-0.2, -0.15) is 0 Å². The van der Waals surface area contributed by atoms with Gasteiger partial charge in [-0.25, -0.2) is 4.98 Å². The van der Waals surface area contributed by atoms with Crippen molar-refractivity contribution >= 4 is 39.1 Å². The van der Waals surface area contributed by atoms with Crippen molar-refractivity contribution in [3.63, 3.8) is 0 Å². The summed E-state index contributed by atoms with van der Waals surface area (Å²) in [6.07, 6.45) is 3.41. The average Bonchev–Trinajstić information content (AvgIpc) is 2.97. The molecule has 1 aromatic heterocycles. The number of carbonyl (C=O) groups excluding carboxylic acids is 1. The van der Waals surface area contributed by atoms with E-state index in [1.807, 2.05) is 73.6 Å². The first-order valence-corrected chi connectivity index (χ1v) is 7.80. The quantitative estimate of drug-likeness (QED) is 0.533. The van der Waals surface area contributed by atoms with Gasteiger partial charge in [0.05, 0.1) is 10.2 Å². The van der Waals surface area contributed by atoms with Gasteiger partial charge < -0.3 is 4.90 Å². The highest BCUT2D eigenvalue weighted by Gasteiger charge is 2.08. The summed E-state index contributed by atoms with van der Waals surface area (Å²) >= 11 is 1.43. The minimum Gasteiger partial charge on any atom is -0.378 e. The van der Waals surface area contributed by atoms with Crippen molar-refractivity contribution in [2.24, 2.45) is 0 Å². The molecule has 22 heavy (non-hydrogen) atoms. The monoisotopic (exact) mass is 308 g/mol. The van der Waals surface area contributed by atoms with E-state index in [0.717, 1.165) is 21.5 Å². The van der Waals surface area contributed by atoms with Crippen LogP contribution in [-0.2, 0) is 0 Å². The highest BCUT2D eigenvalue weighted by atomic mass is 32.1. The van der Waals surface area contributed by atoms with Crippen molar-refractivity contribution in [3.05, 3.63) is 65.2 Å². The van der Waals surface area contributed by atoms with Gasteiger partial charge in [0.1, 0.15) is 0 Å². The number of benzene rings is 2. The van der Waals surface area contributed by atoms with E-state index in [9.17, 15) is 4.79 Å². The Morgan fingerprint density at radius 3 is 2.50 bits per heavy atom. The SMILES string of the molecule is CN(C)c1ccc(/C=C/C(=O)c2nc3ccccc3s2)cc1. The fourth-order valence-corrected chi connectivity index (χ4v) is 2.99. The van der Waals surface area contributed by atoms with E-state index in [0.29, 0.717) is 5.01 Å². The van der Waals surface area contributed by atoms with Gasteiger partial charge >= 0.3 is 0 Å². The second-order valence-electron chi connectivity index (χ2n) is 5.17. The molecule has 0 aliphatic carbocycles. The number of anilines is 1. The average molecular weight is 308 g/mol. The molecule has 0 bridgehead atoms. The first-order chi connectivity index (χ1) is 10.6. The Balaban J connectivity index is 1.78. The smallest absolute Gasteiger partial charge is 0.214 e. The maximum atomic E-state index is 12.2. The maximum Gasteiger partial charge on any atom is 0.214 e. The molecule has 3 aromatic rings. The van der Waals surface area contributed by atoms with Gasteiger partial charge in [-0.15, -0.1) is 11.3 Å². The minimum atomic E-state index is -0.0575. The minimum absolute atomic E-state index is 0.0575. The summed E-state index contributed by atoms with van der Waals surface area (Å²) in [7, 11) is 4.00. The summed E-state index contributed by atoms with van der Waals surface area (Å²) in [6, 6.07) is 15.8. The lowest BCUT2D eigenvalue weighted by molar-refractivity contribution is 0.104. The van der Waals surface area contributed by atoms with Gasteiger partial charge in [-0.05, 0) is 35.9 Å². The summed E-state index contributed by atoms with van der Waals surface area (Å²) in [5.41, 5.74) is 3.01. The molecule has 0 saturated heterocycles. The zero-order chi connectivity index (χ0) is 15.5. The van der Waals surface area contributed by atoms with E-state index < -0.39 is 0 Å². The van der Waals surface area contributed by atoms with Crippen LogP contribution < -0.4 is 4.90 Å². The summed E-state index contributed by atoms with van der Waals surface area (Å²) < 4.78 is 1.04. The number of hydrogen-bond donors (Lipinski definition) is 0. The molecule has 0 saturated carbocycles. The molecule has 3 nitrogen and oxygen atoms in total. The summed E-state index contributed by atoms with van der Waals surface area (Å²) in [4.78, 5) is 18.6. The molecule has 110 valence electrons. The van der Waals surface area contributed by atoms with Crippen LogP contribution in [0.4, 0.5) is 5.69 Å². The van der Waals surface area contributed by atoms with Gasteiger partial charge in [0, 0.05) is 19.8 Å². The standard InChI is InChI=1S/C18H16N2OS/c1-20(2)14-10-7-13(8-11-14)9-12-16(21)18-19-15-5-3-4-6-17(15)22-18/h3-12H,1-2H3/b12-9+. The Labute approximate surface area is 133 Å². The first kappa shape index (κ1) is 14.5. The van der Waals surface area contributed by atoms with Crippen LogP contribution in [0.1, 0.15) is 15.4 Å².